The van der Waals surface area contributed by atoms with E-state index >= 15 is 0 Å². The number of piperidine rings is 1. The van der Waals surface area contributed by atoms with Gasteiger partial charge in [0.25, 0.3) is 0 Å². The zero-order valence-electron chi connectivity index (χ0n) is 15.8. The number of aliphatic hydroxyl groups excluding tert-OH is 1. The van der Waals surface area contributed by atoms with E-state index in [2.05, 4.69) is 40.8 Å². The van der Waals surface area contributed by atoms with Crippen LogP contribution in [0.4, 0.5) is 0 Å². The number of unbranched alkanes of at least 4 members (excludes halogenated alkanes) is 1. The van der Waals surface area contributed by atoms with Crippen molar-refractivity contribution in [1.82, 2.24) is 14.9 Å². The Labute approximate surface area is 156 Å². The van der Waals surface area contributed by atoms with Crippen LogP contribution < -0.4 is 5.73 Å². The number of rotatable bonds is 6. The summed E-state index contributed by atoms with van der Waals surface area (Å²) in [5.74, 6) is 0. The maximum Gasteiger partial charge on any atom is 0.0605 e. The minimum Gasteiger partial charge on any atom is -0.393 e. The lowest BCUT2D eigenvalue weighted by Crippen LogP contribution is -2.43. The fourth-order valence-corrected chi connectivity index (χ4v) is 4.08. The van der Waals surface area contributed by atoms with Gasteiger partial charge in [-0.05, 0) is 75.9 Å². The predicted octanol–water partition coefficient (Wildman–Crippen LogP) is 3.07. The highest BCUT2D eigenvalue weighted by atomic mass is 16.3. The highest BCUT2D eigenvalue weighted by molar-refractivity contribution is 5.26. The Balaban J connectivity index is 1.98. The molecular formula is C21H30N4O. The summed E-state index contributed by atoms with van der Waals surface area (Å²) in [4.78, 5) is 11.8. The average Bonchev–Trinajstić information content (AvgIpc) is 2.63. The molecule has 0 aliphatic carbocycles. The lowest BCUT2D eigenvalue weighted by Gasteiger charge is -2.44. The van der Waals surface area contributed by atoms with Crippen LogP contribution in [-0.4, -0.2) is 39.2 Å². The zero-order chi connectivity index (χ0) is 18.5. The smallest absolute Gasteiger partial charge is 0.0605 e. The molecule has 0 amide bonds. The molecule has 3 atom stereocenters. The number of pyridine rings is 2. The summed E-state index contributed by atoms with van der Waals surface area (Å²) in [5, 5.41) is 10.6. The first-order valence-electron chi connectivity index (χ1n) is 9.58. The molecule has 0 radical (unpaired) electrons. The molecule has 5 nitrogen and oxygen atoms in total. The van der Waals surface area contributed by atoms with E-state index < -0.39 is 0 Å². The molecule has 1 aliphatic heterocycles. The average molecular weight is 354 g/mol. The molecule has 26 heavy (non-hydrogen) atoms. The summed E-state index contributed by atoms with van der Waals surface area (Å²) in [6.45, 7) is 5.84. The molecule has 0 spiro atoms. The maximum absolute atomic E-state index is 10.6. The number of hydrogen-bond donors (Lipinski definition) is 2. The molecule has 1 saturated heterocycles. The third-order valence-electron chi connectivity index (χ3n) is 5.39. The van der Waals surface area contributed by atoms with Crippen molar-refractivity contribution in [1.29, 1.82) is 0 Å². The van der Waals surface area contributed by atoms with Gasteiger partial charge in [-0.2, -0.15) is 0 Å². The monoisotopic (exact) mass is 354 g/mol. The van der Waals surface area contributed by atoms with Crippen LogP contribution in [0.3, 0.4) is 0 Å². The summed E-state index contributed by atoms with van der Waals surface area (Å²) in [6.07, 6.45) is 6.81. The van der Waals surface area contributed by atoms with Crippen LogP contribution in [0.15, 0.2) is 36.7 Å². The molecule has 1 aliphatic rings. The van der Waals surface area contributed by atoms with Gasteiger partial charge >= 0.3 is 0 Å². The summed E-state index contributed by atoms with van der Waals surface area (Å²) in [7, 11) is 0. The first-order valence-corrected chi connectivity index (χ1v) is 9.58. The molecule has 2 unspecified atom stereocenters. The predicted molar refractivity (Wildman–Crippen MR) is 104 cm³/mol. The summed E-state index contributed by atoms with van der Waals surface area (Å²) >= 11 is 0. The Morgan fingerprint density at radius 1 is 1.00 bits per heavy atom. The SMILES string of the molecule is Cc1cccnc1C1CC(O)C[C@H](c2ncccc2C)N1CCCCN. The number of aryl methyl sites for hydroxylation is 2. The molecule has 140 valence electrons. The minimum atomic E-state index is -0.349. The van der Waals surface area contributed by atoms with Crippen molar-refractivity contribution < 1.29 is 5.11 Å². The third-order valence-corrected chi connectivity index (χ3v) is 5.39. The molecule has 0 aromatic carbocycles. The quantitative estimate of drug-likeness (QED) is 0.780. The fraction of sp³-hybridized carbons (Fsp3) is 0.524. The Hall–Kier alpha value is -1.82. The van der Waals surface area contributed by atoms with Crippen LogP contribution in [0.25, 0.3) is 0 Å². The first kappa shape index (κ1) is 19.0. The molecule has 2 aromatic heterocycles. The molecular weight excluding hydrogens is 324 g/mol. The third kappa shape index (κ3) is 4.11. The highest BCUT2D eigenvalue weighted by Gasteiger charge is 2.38. The first-order chi connectivity index (χ1) is 12.6. The van der Waals surface area contributed by atoms with Crippen molar-refractivity contribution in [3.63, 3.8) is 0 Å². The topological polar surface area (TPSA) is 75.3 Å². The number of hydrogen-bond acceptors (Lipinski definition) is 5. The van der Waals surface area contributed by atoms with Crippen LogP contribution in [0.1, 0.15) is 60.3 Å². The Kier molecular flexibility index (Phi) is 6.35. The van der Waals surface area contributed by atoms with E-state index in [0.717, 1.165) is 30.8 Å². The summed E-state index contributed by atoms with van der Waals surface area (Å²) < 4.78 is 0. The van der Waals surface area contributed by atoms with E-state index in [4.69, 9.17) is 5.73 Å². The van der Waals surface area contributed by atoms with Crippen molar-refractivity contribution in [3.05, 3.63) is 59.2 Å². The lowest BCUT2D eigenvalue weighted by atomic mass is 9.87. The van der Waals surface area contributed by atoms with E-state index in [-0.39, 0.29) is 18.2 Å². The molecule has 3 rings (SSSR count). The maximum atomic E-state index is 10.6. The summed E-state index contributed by atoms with van der Waals surface area (Å²) in [5.41, 5.74) is 10.2. The van der Waals surface area contributed by atoms with Gasteiger partial charge < -0.3 is 10.8 Å². The number of nitrogens with two attached hydrogens (primary N) is 1. The second kappa shape index (κ2) is 8.71. The number of aromatic nitrogens is 2. The van der Waals surface area contributed by atoms with E-state index in [9.17, 15) is 5.11 Å². The van der Waals surface area contributed by atoms with Crippen LogP contribution in [0.2, 0.25) is 0 Å². The van der Waals surface area contributed by atoms with Gasteiger partial charge in [0, 0.05) is 12.4 Å². The van der Waals surface area contributed by atoms with Crippen LogP contribution in [-0.2, 0) is 0 Å². The molecule has 5 heteroatoms. The second-order valence-corrected chi connectivity index (χ2v) is 7.30. The van der Waals surface area contributed by atoms with Gasteiger partial charge in [0.2, 0.25) is 0 Å². The molecule has 0 saturated carbocycles. The van der Waals surface area contributed by atoms with Gasteiger partial charge in [-0.1, -0.05) is 12.1 Å². The zero-order valence-corrected chi connectivity index (χ0v) is 15.8. The Morgan fingerprint density at radius 3 is 2.00 bits per heavy atom. The largest absolute Gasteiger partial charge is 0.393 e. The van der Waals surface area contributed by atoms with Crippen molar-refractivity contribution in [2.24, 2.45) is 5.73 Å². The minimum absolute atomic E-state index is 0.101. The fourth-order valence-electron chi connectivity index (χ4n) is 4.08. The second-order valence-electron chi connectivity index (χ2n) is 7.30. The number of likely N-dealkylation sites (tertiary alicyclic amines) is 1. The van der Waals surface area contributed by atoms with Crippen molar-refractivity contribution in [2.45, 2.75) is 57.7 Å². The van der Waals surface area contributed by atoms with Gasteiger partial charge in [-0.15, -0.1) is 0 Å². The van der Waals surface area contributed by atoms with Gasteiger partial charge in [0.05, 0.1) is 29.6 Å². The van der Waals surface area contributed by atoms with E-state index in [1.807, 2.05) is 24.5 Å². The molecule has 3 N–H and O–H groups in total. The van der Waals surface area contributed by atoms with Gasteiger partial charge in [-0.25, -0.2) is 0 Å². The van der Waals surface area contributed by atoms with Crippen LogP contribution in [0.5, 0.6) is 0 Å². The van der Waals surface area contributed by atoms with E-state index in [1.165, 1.54) is 11.1 Å². The van der Waals surface area contributed by atoms with Crippen molar-refractivity contribution in [3.8, 4) is 0 Å². The standard InChI is InChI=1S/C21H30N4O/c1-15-7-5-10-23-20(15)18-13-17(26)14-19(25(18)12-4-3-9-22)21-16(2)8-6-11-24-21/h5-8,10-11,17-19,26H,3-4,9,12-14,22H2,1-2H3/t17?,18-,19?/m1/s1. The number of nitrogens with zero attached hydrogens (tertiary/aromatic N) is 3. The van der Waals surface area contributed by atoms with Gasteiger partial charge in [0.15, 0.2) is 0 Å². The van der Waals surface area contributed by atoms with Crippen molar-refractivity contribution in [2.75, 3.05) is 13.1 Å². The Bertz CT molecular complexity index is 665. The van der Waals surface area contributed by atoms with Crippen molar-refractivity contribution >= 4 is 0 Å². The van der Waals surface area contributed by atoms with Crippen LogP contribution in [0, 0.1) is 13.8 Å². The molecule has 3 heterocycles. The highest BCUT2D eigenvalue weighted by Crippen LogP contribution is 2.42. The van der Waals surface area contributed by atoms with Crippen LogP contribution >= 0.6 is 0 Å². The lowest BCUT2D eigenvalue weighted by molar-refractivity contribution is -0.00624. The van der Waals surface area contributed by atoms with Gasteiger partial charge in [0.1, 0.15) is 0 Å². The van der Waals surface area contributed by atoms with Gasteiger partial charge in [-0.3, -0.25) is 14.9 Å². The number of aliphatic hydroxyl groups is 1. The molecule has 1 fully saturated rings. The normalized spacial score (nSPS) is 23.9. The van der Waals surface area contributed by atoms with E-state index in [0.29, 0.717) is 19.4 Å². The Morgan fingerprint density at radius 2 is 1.54 bits per heavy atom. The summed E-state index contributed by atoms with van der Waals surface area (Å²) in [6, 6.07) is 8.34. The molecule has 0 bridgehead atoms. The molecule has 2 aromatic rings. The van der Waals surface area contributed by atoms with E-state index in [1.54, 1.807) is 0 Å².